The normalized spacial score (nSPS) is 10.6. The molecule has 0 N–H and O–H groups in total. The van der Waals surface area contributed by atoms with Crippen LogP contribution in [0.25, 0.3) is 23.3 Å². The maximum absolute atomic E-state index is 11.9. The molecule has 0 fully saturated rings. The molecule has 8 aromatic rings. The highest BCUT2D eigenvalue weighted by Crippen LogP contribution is 2.30. The fourth-order valence-electron chi connectivity index (χ4n) is 7.46. The van der Waals surface area contributed by atoms with Crippen LogP contribution in [0.5, 0.6) is 34.5 Å². The Morgan fingerprint density at radius 2 is 0.597 bits per heavy atom. The number of hydrogen-bond acceptors (Lipinski definition) is 10. The summed E-state index contributed by atoms with van der Waals surface area (Å²) in [6, 6.07) is 57.7. The molecule has 0 spiro atoms. The van der Waals surface area contributed by atoms with Crippen LogP contribution in [0.4, 0.5) is 0 Å². The Morgan fingerprint density at radius 1 is 0.333 bits per heavy atom. The smallest absolute Gasteiger partial charge is 0.337 e. The van der Waals surface area contributed by atoms with Gasteiger partial charge in [-0.2, -0.15) is 0 Å². The number of carbonyl (C=O) groups is 2. The maximum atomic E-state index is 11.9. The van der Waals surface area contributed by atoms with E-state index in [1.807, 2.05) is 170 Å². The molecule has 8 rings (SSSR count). The van der Waals surface area contributed by atoms with Gasteiger partial charge in [0.15, 0.2) is 0 Å². The summed E-state index contributed by atoms with van der Waals surface area (Å²) in [6.45, 7) is 9.56. The number of methoxy groups -OCH3 is 2. The van der Waals surface area contributed by atoms with Crippen LogP contribution in [0.1, 0.15) is 65.2 Å². The van der Waals surface area contributed by atoms with E-state index in [4.69, 9.17) is 37.9 Å². The van der Waals surface area contributed by atoms with Gasteiger partial charge in [0.1, 0.15) is 74.1 Å². The zero-order valence-electron chi connectivity index (χ0n) is 40.2. The second-order valence-corrected chi connectivity index (χ2v) is 16.7. The first-order valence-electron chi connectivity index (χ1n) is 23.2. The molecule has 362 valence electrons. The Kier molecular flexibility index (Phi) is 16.8. The minimum Gasteiger partial charge on any atom is -0.489 e. The third-order valence-electron chi connectivity index (χ3n) is 11.5. The van der Waals surface area contributed by atoms with Gasteiger partial charge in [0.05, 0.1) is 25.3 Å². The lowest BCUT2D eigenvalue weighted by molar-refractivity contribution is 0.0592. The molecule has 0 atom stereocenters. The molecule has 0 saturated carbocycles. The number of esters is 2. The zero-order valence-corrected chi connectivity index (χ0v) is 40.2. The van der Waals surface area contributed by atoms with Gasteiger partial charge in [0.25, 0.3) is 0 Å². The van der Waals surface area contributed by atoms with Crippen LogP contribution in [0, 0.1) is 0 Å². The third kappa shape index (κ3) is 14.0. The predicted molar refractivity (Wildman–Crippen MR) is 279 cm³/mol. The number of carbonyl (C=O) groups excluding carboxylic acids is 2. The van der Waals surface area contributed by atoms with Gasteiger partial charge in [-0.15, -0.1) is 0 Å². The molecule has 0 heterocycles. The minimum absolute atomic E-state index is 0.247. The van der Waals surface area contributed by atoms with Gasteiger partial charge >= 0.3 is 11.9 Å². The van der Waals surface area contributed by atoms with E-state index in [-0.39, 0.29) is 19.8 Å². The third-order valence-corrected chi connectivity index (χ3v) is 11.5. The average Bonchev–Trinajstić information content (AvgIpc) is 3.44. The van der Waals surface area contributed by atoms with E-state index >= 15 is 0 Å². The first-order chi connectivity index (χ1) is 35.2. The summed E-state index contributed by atoms with van der Waals surface area (Å²) in [5.74, 6) is 3.13. The molecule has 0 saturated heterocycles. The number of ether oxygens (including phenoxy) is 8. The largest absolute Gasteiger partial charge is 0.489 e. The van der Waals surface area contributed by atoms with Crippen LogP contribution in [-0.4, -0.2) is 26.2 Å². The Hall–Kier alpha value is -9.02. The van der Waals surface area contributed by atoms with Gasteiger partial charge in [-0.3, -0.25) is 0 Å². The molecule has 0 unspecified atom stereocenters. The van der Waals surface area contributed by atoms with Crippen molar-refractivity contribution in [3.8, 4) is 45.6 Å². The molecule has 0 aliphatic rings. The molecule has 8 aromatic carbocycles. The highest BCUT2D eigenvalue weighted by atomic mass is 16.5. The van der Waals surface area contributed by atoms with Crippen molar-refractivity contribution in [1.82, 2.24) is 0 Å². The summed E-state index contributed by atoms with van der Waals surface area (Å²) in [7, 11) is 2.70. The van der Waals surface area contributed by atoms with E-state index in [0.29, 0.717) is 59.7 Å². The molecule has 0 aliphatic heterocycles. The Bertz CT molecular complexity index is 2920. The highest BCUT2D eigenvalue weighted by molar-refractivity contribution is 5.89. The number of benzene rings is 8. The quantitative estimate of drug-likeness (QED) is 0.0575. The topological polar surface area (TPSA) is 108 Å². The molecular weight excluding hydrogens is 905 g/mol. The SMILES string of the molecule is C=Cc1ccc(COc2cc(COc3ccc(-c4ccc(OCc5cc(OCc6ccc(C(=O)OC)cc6)cc(OCc6ccc(C(=O)OC)cc6)c5)cc4)cc3)cc(OCc3ccc(C=C)cc3)c2)cc1. The molecule has 0 aliphatic carbocycles. The Morgan fingerprint density at radius 3 is 0.875 bits per heavy atom. The van der Waals surface area contributed by atoms with E-state index in [1.54, 1.807) is 24.3 Å². The summed E-state index contributed by atoms with van der Waals surface area (Å²) >= 11 is 0. The summed E-state index contributed by atoms with van der Waals surface area (Å²) in [5.41, 5.74) is 10.6. The van der Waals surface area contributed by atoms with E-state index < -0.39 is 11.9 Å². The van der Waals surface area contributed by atoms with Gasteiger partial charge in [-0.1, -0.05) is 122 Å². The van der Waals surface area contributed by atoms with Crippen molar-refractivity contribution >= 4 is 24.1 Å². The van der Waals surface area contributed by atoms with E-state index in [2.05, 4.69) is 13.2 Å². The number of rotatable bonds is 23. The van der Waals surface area contributed by atoms with Crippen LogP contribution < -0.4 is 28.4 Å². The molecule has 0 bridgehead atoms. The minimum atomic E-state index is -0.403. The van der Waals surface area contributed by atoms with Crippen LogP contribution in [0.15, 0.2) is 195 Å². The van der Waals surface area contributed by atoms with Crippen molar-refractivity contribution in [1.29, 1.82) is 0 Å². The lowest BCUT2D eigenvalue weighted by Gasteiger charge is -2.14. The Labute approximate surface area is 420 Å². The van der Waals surface area contributed by atoms with Crippen molar-refractivity contribution < 1.29 is 47.5 Å². The number of hydrogen-bond donors (Lipinski definition) is 0. The molecule has 72 heavy (non-hydrogen) atoms. The van der Waals surface area contributed by atoms with Crippen molar-refractivity contribution in [3.05, 3.63) is 251 Å². The summed E-state index contributed by atoms with van der Waals surface area (Å²) in [5, 5.41) is 0. The van der Waals surface area contributed by atoms with E-state index in [0.717, 1.165) is 61.4 Å². The van der Waals surface area contributed by atoms with Crippen molar-refractivity contribution in [2.24, 2.45) is 0 Å². The fraction of sp³-hybridized carbons (Fsp3) is 0.129. The first-order valence-corrected chi connectivity index (χ1v) is 23.2. The molecule has 10 heteroatoms. The summed E-state index contributed by atoms with van der Waals surface area (Å²) in [4.78, 5) is 23.8. The lowest BCUT2D eigenvalue weighted by atomic mass is 10.1. The fourth-order valence-corrected chi connectivity index (χ4v) is 7.46. The second kappa shape index (κ2) is 24.5. The van der Waals surface area contributed by atoms with Crippen LogP contribution >= 0.6 is 0 Å². The molecular formula is C62H54O10. The van der Waals surface area contributed by atoms with Gasteiger partial charge in [-0.25, -0.2) is 9.59 Å². The summed E-state index contributed by atoms with van der Waals surface area (Å²) < 4.78 is 47.1. The lowest BCUT2D eigenvalue weighted by Crippen LogP contribution is -2.03. The van der Waals surface area contributed by atoms with Crippen LogP contribution in [-0.2, 0) is 49.1 Å². The average molecular weight is 959 g/mol. The zero-order chi connectivity index (χ0) is 50.1. The van der Waals surface area contributed by atoms with Crippen molar-refractivity contribution in [2.75, 3.05) is 14.2 Å². The highest BCUT2D eigenvalue weighted by Gasteiger charge is 2.11. The molecule has 0 aromatic heterocycles. The van der Waals surface area contributed by atoms with Crippen LogP contribution in [0.2, 0.25) is 0 Å². The molecule has 0 amide bonds. The predicted octanol–water partition coefficient (Wildman–Crippen LogP) is 13.7. The maximum Gasteiger partial charge on any atom is 0.337 e. The second-order valence-electron chi connectivity index (χ2n) is 16.7. The molecule has 10 nitrogen and oxygen atoms in total. The van der Waals surface area contributed by atoms with Crippen molar-refractivity contribution in [2.45, 2.75) is 39.6 Å². The Balaban J connectivity index is 0.893. The van der Waals surface area contributed by atoms with Gasteiger partial charge in [-0.05, 0) is 128 Å². The summed E-state index contributed by atoms with van der Waals surface area (Å²) in [6.07, 6.45) is 3.64. The van der Waals surface area contributed by atoms with Crippen LogP contribution in [0.3, 0.4) is 0 Å². The van der Waals surface area contributed by atoms with Crippen molar-refractivity contribution in [3.63, 3.8) is 0 Å². The van der Waals surface area contributed by atoms with Gasteiger partial charge < -0.3 is 37.9 Å². The van der Waals surface area contributed by atoms with Gasteiger partial charge in [0.2, 0.25) is 0 Å². The van der Waals surface area contributed by atoms with E-state index in [9.17, 15) is 9.59 Å². The van der Waals surface area contributed by atoms with E-state index in [1.165, 1.54) is 14.2 Å². The molecule has 0 radical (unpaired) electrons. The first kappa shape index (κ1) is 49.4. The standard InChI is InChI=1S/C62H54O10/c1-5-43-7-11-45(12-8-43)37-69-57-31-49(32-58(35-57)70-38-46-13-9-44(6-2)10-14-46)41-67-55-27-23-51(24-28-55)52-25-29-56(30-26-52)68-42-50-33-59(71-39-47-15-19-53(20-16-47)61(63)65-3)36-60(34-50)72-40-48-17-21-54(22-18-48)62(64)66-4/h5-36H,1-2,37-42H2,3-4H3. The van der Waals surface area contributed by atoms with Gasteiger partial charge in [0, 0.05) is 12.1 Å². The monoisotopic (exact) mass is 958 g/mol.